The van der Waals surface area contributed by atoms with E-state index in [9.17, 15) is 0 Å². The summed E-state index contributed by atoms with van der Waals surface area (Å²) in [7, 11) is 0. The molecule has 1 aromatic rings. The van der Waals surface area contributed by atoms with E-state index in [4.69, 9.17) is 0 Å². The average molecular weight is 304 g/mol. The molecule has 0 nitrogen and oxygen atoms in total. The zero-order valence-electron chi connectivity index (χ0n) is 9.68. The van der Waals surface area contributed by atoms with Crippen LogP contribution >= 0.6 is 21.2 Å². The van der Waals surface area contributed by atoms with Gasteiger partial charge in [0.1, 0.15) is 0 Å². The van der Waals surface area contributed by atoms with E-state index in [0.717, 1.165) is 0 Å². The summed E-state index contributed by atoms with van der Waals surface area (Å²) in [5, 5.41) is 0. The average Bonchev–Trinajstić information content (AvgIpc) is 2.14. The molecule has 1 aromatic carbocycles. The van der Waals surface area contributed by atoms with E-state index in [2.05, 4.69) is 39.8 Å². The molecule has 0 spiro atoms. The van der Waals surface area contributed by atoms with Crippen molar-refractivity contribution in [3.05, 3.63) is 32.4 Å². The molecule has 1 heteroatoms. The van der Waals surface area contributed by atoms with Gasteiger partial charge in [0.15, 0.2) is 0 Å². The molecular weight excluding hydrogens is 283 g/mol. The molecular formula is C13H21I. The summed E-state index contributed by atoms with van der Waals surface area (Å²) in [5.41, 5.74) is 4.42. The Hall–Kier alpha value is -0.0500. The molecule has 0 radical (unpaired) electrons. The molecule has 0 aromatic heterocycles. The SMILES string of the molecule is CCCC[IH]c1cc(C)c(C)c(C)c1. The first kappa shape index (κ1) is 12.0. The van der Waals surface area contributed by atoms with Gasteiger partial charge in [0, 0.05) is 0 Å². The van der Waals surface area contributed by atoms with Crippen LogP contribution in [0, 0.1) is 24.3 Å². The fourth-order valence-corrected chi connectivity index (χ4v) is 4.81. The molecule has 0 heterocycles. The third-order valence-electron chi connectivity index (χ3n) is 2.67. The van der Waals surface area contributed by atoms with Crippen LogP contribution in [-0.4, -0.2) is 4.43 Å². The van der Waals surface area contributed by atoms with Crippen molar-refractivity contribution in [3.8, 4) is 0 Å². The first-order chi connectivity index (χ1) is 6.65. The van der Waals surface area contributed by atoms with Crippen molar-refractivity contribution in [1.82, 2.24) is 0 Å². The summed E-state index contributed by atoms with van der Waals surface area (Å²) in [4.78, 5) is 0. The first-order valence-electron chi connectivity index (χ1n) is 5.35. The van der Waals surface area contributed by atoms with Crippen molar-refractivity contribution in [2.24, 2.45) is 0 Å². The van der Waals surface area contributed by atoms with Crippen molar-refractivity contribution in [3.63, 3.8) is 0 Å². The fourth-order valence-electron chi connectivity index (χ4n) is 1.41. The Labute approximate surface area is 98.4 Å². The first-order valence-corrected chi connectivity index (χ1v) is 8.17. The molecule has 0 amide bonds. The van der Waals surface area contributed by atoms with E-state index < -0.39 is 0 Å². The summed E-state index contributed by atoms with van der Waals surface area (Å²) in [6.07, 6.45) is 2.75. The van der Waals surface area contributed by atoms with Gasteiger partial charge in [-0.1, -0.05) is 0 Å². The molecule has 0 atom stereocenters. The molecule has 80 valence electrons. The monoisotopic (exact) mass is 304 g/mol. The second-order valence-corrected chi connectivity index (χ2v) is 7.22. The normalized spacial score (nSPS) is 10.9. The fraction of sp³-hybridized carbons (Fsp3) is 0.538. The standard InChI is InChI=1S/C13H21I/c1-5-6-7-14-13-8-10(2)12(4)11(3)9-13/h8-9,14H,5-7H2,1-4H3. The minimum atomic E-state index is 0.0974. The van der Waals surface area contributed by atoms with Crippen molar-refractivity contribution >= 4 is 21.2 Å². The van der Waals surface area contributed by atoms with Gasteiger partial charge in [-0.05, 0) is 0 Å². The number of halogens is 1. The Bertz CT molecular complexity index is 279. The predicted octanol–water partition coefficient (Wildman–Crippen LogP) is 4.28. The molecule has 0 saturated carbocycles. The Morgan fingerprint density at radius 3 is 2.14 bits per heavy atom. The maximum absolute atomic E-state index is 2.40. The van der Waals surface area contributed by atoms with Crippen LogP contribution in [0.25, 0.3) is 0 Å². The van der Waals surface area contributed by atoms with Gasteiger partial charge in [0.25, 0.3) is 0 Å². The van der Waals surface area contributed by atoms with Gasteiger partial charge in [-0.25, -0.2) is 0 Å². The topological polar surface area (TPSA) is 0 Å². The van der Waals surface area contributed by atoms with Gasteiger partial charge < -0.3 is 0 Å². The van der Waals surface area contributed by atoms with Crippen LogP contribution in [0.15, 0.2) is 12.1 Å². The van der Waals surface area contributed by atoms with Crippen molar-refractivity contribution < 1.29 is 0 Å². The molecule has 0 unspecified atom stereocenters. The Morgan fingerprint density at radius 2 is 1.64 bits per heavy atom. The molecule has 0 aliphatic carbocycles. The molecule has 0 bridgehead atoms. The zero-order valence-corrected chi connectivity index (χ0v) is 12.0. The van der Waals surface area contributed by atoms with Gasteiger partial charge in [0.05, 0.1) is 0 Å². The summed E-state index contributed by atoms with van der Waals surface area (Å²) in [6.45, 7) is 8.97. The maximum atomic E-state index is 2.40. The molecule has 0 saturated heterocycles. The number of unbranched alkanes of at least 4 members (excludes halogenated alkanes) is 1. The van der Waals surface area contributed by atoms with Crippen LogP contribution in [0.4, 0.5) is 0 Å². The van der Waals surface area contributed by atoms with E-state index in [0.29, 0.717) is 0 Å². The Morgan fingerprint density at radius 1 is 1.07 bits per heavy atom. The predicted molar refractivity (Wildman–Crippen MR) is 74.5 cm³/mol. The molecule has 1 rings (SSSR count). The zero-order chi connectivity index (χ0) is 10.6. The molecule has 0 aliphatic rings. The minimum absolute atomic E-state index is 0.0974. The van der Waals surface area contributed by atoms with Gasteiger partial charge in [0.2, 0.25) is 0 Å². The number of alkyl halides is 1. The van der Waals surface area contributed by atoms with Crippen LogP contribution in [0.3, 0.4) is 0 Å². The van der Waals surface area contributed by atoms with Crippen LogP contribution in [0.2, 0.25) is 0 Å². The second kappa shape index (κ2) is 5.74. The van der Waals surface area contributed by atoms with Crippen LogP contribution in [0.5, 0.6) is 0 Å². The summed E-state index contributed by atoms with van der Waals surface area (Å²) >= 11 is 0.0974. The van der Waals surface area contributed by atoms with Crippen molar-refractivity contribution in [2.45, 2.75) is 40.5 Å². The summed E-state index contributed by atoms with van der Waals surface area (Å²) in [5.74, 6) is 0. The van der Waals surface area contributed by atoms with Gasteiger partial charge >= 0.3 is 98.6 Å². The molecule has 14 heavy (non-hydrogen) atoms. The van der Waals surface area contributed by atoms with Gasteiger partial charge in [-0.2, -0.15) is 0 Å². The number of hydrogen-bond acceptors (Lipinski definition) is 0. The summed E-state index contributed by atoms with van der Waals surface area (Å²) in [6, 6.07) is 4.81. The third-order valence-corrected chi connectivity index (χ3v) is 5.70. The van der Waals surface area contributed by atoms with Crippen LogP contribution in [-0.2, 0) is 0 Å². The van der Waals surface area contributed by atoms with Crippen LogP contribution in [0.1, 0.15) is 36.5 Å². The van der Waals surface area contributed by atoms with Crippen molar-refractivity contribution in [2.75, 3.05) is 4.43 Å². The number of aryl methyl sites for hydroxylation is 2. The third kappa shape index (κ3) is 3.26. The second-order valence-electron chi connectivity index (χ2n) is 3.88. The molecule has 0 fully saturated rings. The van der Waals surface area contributed by atoms with E-state index in [-0.39, 0.29) is 21.2 Å². The Balaban J connectivity index is 2.69. The van der Waals surface area contributed by atoms with E-state index >= 15 is 0 Å². The van der Waals surface area contributed by atoms with Crippen molar-refractivity contribution in [1.29, 1.82) is 0 Å². The quantitative estimate of drug-likeness (QED) is 0.442. The van der Waals surface area contributed by atoms with Gasteiger partial charge in [-0.15, -0.1) is 0 Å². The molecule has 0 N–H and O–H groups in total. The van der Waals surface area contributed by atoms with Crippen LogP contribution < -0.4 is 0 Å². The number of hydrogen-bond donors (Lipinski definition) is 0. The van der Waals surface area contributed by atoms with E-state index in [1.807, 2.05) is 0 Å². The summed E-state index contributed by atoms with van der Waals surface area (Å²) < 4.78 is 3.10. The number of benzene rings is 1. The van der Waals surface area contributed by atoms with E-state index in [1.165, 1.54) is 34.0 Å². The Kier molecular flexibility index (Phi) is 4.93. The van der Waals surface area contributed by atoms with Gasteiger partial charge in [-0.3, -0.25) is 0 Å². The molecule has 0 aliphatic heterocycles. The number of rotatable bonds is 4. The van der Waals surface area contributed by atoms with E-state index in [1.54, 1.807) is 3.57 Å².